The summed E-state index contributed by atoms with van der Waals surface area (Å²) in [5.74, 6) is -2.01. The zero-order chi connectivity index (χ0) is 18.3. The van der Waals surface area contributed by atoms with E-state index in [9.17, 15) is 27.6 Å². The number of ketones is 1. The van der Waals surface area contributed by atoms with Crippen molar-refractivity contribution in [3.8, 4) is 0 Å². The smallest absolute Gasteiger partial charge is 0.417 e. The minimum atomic E-state index is -4.70. The number of alkyl halides is 3. The van der Waals surface area contributed by atoms with E-state index in [4.69, 9.17) is 0 Å². The summed E-state index contributed by atoms with van der Waals surface area (Å²) >= 11 is 0. The molecule has 0 aliphatic rings. The second-order valence-electron chi connectivity index (χ2n) is 5.02. The molecule has 1 amide bonds. The SMILES string of the molecule is CCC(=O)CC[C@H](NC(=O)c1ccccc1C(F)(F)F)C(=O)OC. The number of rotatable bonds is 7. The first-order chi connectivity index (χ1) is 11.2. The zero-order valence-electron chi connectivity index (χ0n) is 13.3. The van der Waals surface area contributed by atoms with Gasteiger partial charge in [0.25, 0.3) is 5.91 Å². The van der Waals surface area contributed by atoms with Crippen LogP contribution in [-0.4, -0.2) is 30.8 Å². The van der Waals surface area contributed by atoms with E-state index in [0.717, 1.165) is 25.3 Å². The number of carbonyl (C=O) groups is 3. The molecule has 0 aromatic heterocycles. The Morgan fingerprint density at radius 1 is 1.21 bits per heavy atom. The normalized spacial score (nSPS) is 12.4. The van der Waals surface area contributed by atoms with Gasteiger partial charge in [0.1, 0.15) is 11.8 Å². The third-order valence-electron chi connectivity index (χ3n) is 3.37. The predicted octanol–water partition coefficient (Wildman–Crippen LogP) is 2.74. The number of hydrogen-bond donors (Lipinski definition) is 1. The Morgan fingerprint density at radius 3 is 2.38 bits per heavy atom. The molecule has 1 atom stereocenters. The quantitative estimate of drug-likeness (QED) is 0.771. The van der Waals surface area contributed by atoms with Gasteiger partial charge in [0.05, 0.1) is 18.2 Å². The Morgan fingerprint density at radius 2 is 1.83 bits per heavy atom. The average Bonchev–Trinajstić information content (AvgIpc) is 2.56. The largest absolute Gasteiger partial charge is 0.467 e. The summed E-state index contributed by atoms with van der Waals surface area (Å²) in [7, 11) is 1.09. The summed E-state index contributed by atoms with van der Waals surface area (Å²) in [6.07, 6.45) is -4.47. The minimum Gasteiger partial charge on any atom is -0.467 e. The molecular formula is C16H18F3NO4. The predicted molar refractivity (Wildman–Crippen MR) is 79.2 cm³/mol. The summed E-state index contributed by atoms with van der Waals surface area (Å²) < 4.78 is 43.4. The maximum atomic E-state index is 13.0. The van der Waals surface area contributed by atoms with Crippen LogP contribution in [0.1, 0.15) is 42.1 Å². The van der Waals surface area contributed by atoms with Crippen molar-refractivity contribution in [1.82, 2.24) is 5.32 Å². The molecule has 0 radical (unpaired) electrons. The molecule has 132 valence electrons. The Labute approximate surface area is 137 Å². The van der Waals surface area contributed by atoms with E-state index in [1.54, 1.807) is 6.92 Å². The molecule has 0 aliphatic carbocycles. The Bertz CT molecular complexity index is 614. The molecular weight excluding hydrogens is 327 g/mol. The molecule has 8 heteroatoms. The van der Waals surface area contributed by atoms with Gasteiger partial charge in [-0.05, 0) is 18.6 Å². The van der Waals surface area contributed by atoms with Crippen LogP contribution in [0.4, 0.5) is 13.2 Å². The van der Waals surface area contributed by atoms with Crippen molar-refractivity contribution in [2.45, 2.75) is 38.4 Å². The van der Waals surface area contributed by atoms with Gasteiger partial charge in [0.2, 0.25) is 0 Å². The lowest BCUT2D eigenvalue weighted by Crippen LogP contribution is -2.42. The van der Waals surface area contributed by atoms with E-state index in [-0.39, 0.29) is 25.0 Å². The number of amides is 1. The summed E-state index contributed by atoms with van der Waals surface area (Å²) in [6.45, 7) is 1.65. The van der Waals surface area contributed by atoms with Crippen molar-refractivity contribution in [2.24, 2.45) is 0 Å². The van der Waals surface area contributed by atoms with Crippen molar-refractivity contribution < 1.29 is 32.3 Å². The summed E-state index contributed by atoms with van der Waals surface area (Å²) in [5, 5.41) is 2.21. The molecule has 5 nitrogen and oxygen atoms in total. The number of ether oxygens (including phenoxy) is 1. The Balaban J connectivity index is 2.97. The number of esters is 1. The third-order valence-corrected chi connectivity index (χ3v) is 3.37. The number of halogens is 3. The average molecular weight is 345 g/mol. The van der Waals surface area contributed by atoms with Gasteiger partial charge in [-0.2, -0.15) is 13.2 Å². The maximum absolute atomic E-state index is 13.0. The van der Waals surface area contributed by atoms with Gasteiger partial charge >= 0.3 is 12.1 Å². The van der Waals surface area contributed by atoms with Crippen LogP contribution in [0.5, 0.6) is 0 Å². The van der Waals surface area contributed by atoms with E-state index < -0.39 is 35.2 Å². The molecule has 0 heterocycles. The Hall–Kier alpha value is -2.38. The number of Topliss-reactive ketones (excluding diaryl/α,β-unsaturated/α-hetero) is 1. The molecule has 0 spiro atoms. The summed E-state index contributed by atoms with van der Waals surface area (Å²) in [6, 6.07) is 3.06. The minimum absolute atomic E-state index is 0.0114. The topological polar surface area (TPSA) is 72.5 Å². The fourth-order valence-corrected chi connectivity index (χ4v) is 2.04. The van der Waals surface area contributed by atoms with Gasteiger partial charge in [-0.1, -0.05) is 19.1 Å². The van der Waals surface area contributed by atoms with Crippen LogP contribution in [0.15, 0.2) is 24.3 Å². The summed E-state index contributed by atoms with van der Waals surface area (Å²) in [4.78, 5) is 35.2. The molecule has 0 saturated carbocycles. The van der Waals surface area contributed by atoms with Crippen LogP contribution in [0, 0.1) is 0 Å². The van der Waals surface area contributed by atoms with Crippen LogP contribution in [-0.2, 0) is 20.5 Å². The van der Waals surface area contributed by atoms with Crippen molar-refractivity contribution in [1.29, 1.82) is 0 Å². The molecule has 1 aromatic rings. The van der Waals surface area contributed by atoms with Crippen LogP contribution in [0.25, 0.3) is 0 Å². The molecule has 0 unspecified atom stereocenters. The molecule has 24 heavy (non-hydrogen) atoms. The van der Waals surface area contributed by atoms with Gasteiger partial charge in [-0.15, -0.1) is 0 Å². The van der Waals surface area contributed by atoms with Gasteiger partial charge in [-0.25, -0.2) is 4.79 Å². The van der Waals surface area contributed by atoms with Gasteiger partial charge in [0.15, 0.2) is 0 Å². The molecule has 1 aromatic carbocycles. The van der Waals surface area contributed by atoms with Crippen molar-refractivity contribution >= 4 is 17.7 Å². The lowest BCUT2D eigenvalue weighted by atomic mass is 10.0. The number of carbonyl (C=O) groups excluding carboxylic acids is 3. The Kier molecular flexibility index (Phi) is 6.94. The molecule has 0 saturated heterocycles. The van der Waals surface area contributed by atoms with E-state index >= 15 is 0 Å². The van der Waals surface area contributed by atoms with Crippen LogP contribution < -0.4 is 5.32 Å². The first-order valence-corrected chi connectivity index (χ1v) is 7.27. The lowest BCUT2D eigenvalue weighted by molar-refractivity contribution is -0.143. The van der Waals surface area contributed by atoms with E-state index in [1.807, 2.05) is 0 Å². The monoisotopic (exact) mass is 345 g/mol. The van der Waals surface area contributed by atoms with Crippen molar-refractivity contribution in [3.63, 3.8) is 0 Å². The lowest BCUT2D eigenvalue weighted by Gasteiger charge is -2.18. The molecule has 1 N–H and O–H groups in total. The highest BCUT2D eigenvalue weighted by Gasteiger charge is 2.35. The third kappa shape index (κ3) is 5.36. The standard InChI is InChI=1S/C16H18F3NO4/c1-3-10(21)8-9-13(15(23)24-2)20-14(22)11-6-4-5-7-12(11)16(17,18)19/h4-7,13H,3,8-9H2,1-2H3,(H,20,22)/t13-/m0/s1. The molecule has 0 fully saturated rings. The van der Waals surface area contributed by atoms with Gasteiger partial charge in [0, 0.05) is 12.8 Å². The maximum Gasteiger partial charge on any atom is 0.417 e. The second-order valence-corrected chi connectivity index (χ2v) is 5.02. The highest BCUT2D eigenvalue weighted by atomic mass is 19.4. The fraction of sp³-hybridized carbons (Fsp3) is 0.438. The van der Waals surface area contributed by atoms with E-state index in [1.165, 1.54) is 6.07 Å². The molecule has 0 bridgehead atoms. The molecule has 0 aliphatic heterocycles. The van der Waals surface area contributed by atoms with Crippen LogP contribution in [0.3, 0.4) is 0 Å². The first kappa shape index (κ1) is 19.7. The number of benzene rings is 1. The van der Waals surface area contributed by atoms with Crippen LogP contribution >= 0.6 is 0 Å². The summed E-state index contributed by atoms with van der Waals surface area (Å²) in [5.41, 5.74) is -1.70. The number of hydrogen-bond acceptors (Lipinski definition) is 4. The van der Waals surface area contributed by atoms with E-state index in [0.29, 0.717) is 0 Å². The second kappa shape index (κ2) is 8.47. The number of methoxy groups -OCH3 is 1. The highest BCUT2D eigenvalue weighted by Crippen LogP contribution is 2.31. The van der Waals surface area contributed by atoms with Crippen molar-refractivity contribution in [3.05, 3.63) is 35.4 Å². The van der Waals surface area contributed by atoms with Gasteiger partial charge in [-0.3, -0.25) is 9.59 Å². The van der Waals surface area contributed by atoms with E-state index in [2.05, 4.69) is 10.1 Å². The highest BCUT2D eigenvalue weighted by molar-refractivity contribution is 5.98. The van der Waals surface area contributed by atoms with Gasteiger partial charge < -0.3 is 10.1 Å². The van der Waals surface area contributed by atoms with Crippen molar-refractivity contribution in [2.75, 3.05) is 7.11 Å². The zero-order valence-corrected chi connectivity index (χ0v) is 13.3. The molecule has 1 rings (SSSR count). The first-order valence-electron chi connectivity index (χ1n) is 7.27. The fourth-order valence-electron chi connectivity index (χ4n) is 2.04. The number of nitrogens with one attached hydrogen (secondary N) is 1. The van der Waals surface area contributed by atoms with Crippen LogP contribution in [0.2, 0.25) is 0 Å².